The van der Waals surface area contributed by atoms with Crippen LogP contribution in [0, 0.1) is 12.7 Å². The summed E-state index contributed by atoms with van der Waals surface area (Å²) in [5.41, 5.74) is 1.73. The van der Waals surface area contributed by atoms with Gasteiger partial charge < -0.3 is 5.32 Å². The minimum Gasteiger partial charge on any atom is -0.307 e. The monoisotopic (exact) mass is 223 g/mol. The van der Waals surface area contributed by atoms with Crippen molar-refractivity contribution in [3.63, 3.8) is 0 Å². The summed E-state index contributed by atoms with van der Waals surface area (Å²) in [4.78, 5) is 0. The van der Waals surface area contributed by atoms with E-state index in [2.05, 4.69) is 26.1 Å². The second-order valence-electron chi connectivity index (χ2n) is 4.41. The van der Waals surface area contributed by atoms with Gasteiger partial charge in [-0.05, 0) is 43.9 Å². The Bertz CT molecular complexity index is 332. The van der Waals surface area contributed by atoms with Gasteiger partial charge in [-0.3, -0.25) is 0 Å². The van der Waals surface area contributed by atoms with Crippen LogP contribution in [-0.2, 0) is 0 Å². The van der Waals surface area contributed by atoms with Crippen molar-refractivity contribution >= 4 is 0 Å². The molecule has 0 spiro atoms. The van der Waals surface area contributed by atoms with Crippen molar-refractivity contribution in [1.82, 2.24) is 5.32 Å². The number of hydrogen-bond acceptors (Lipinski definition) is 1. The third-order valence-electron chi connectivity index (χ3n) is 3.17. The second kappa shape index (κ2) is 6.00. The summed E-state index contributed by atoms with van der Waals surface area (Å²) in [6, 6.07) is 6.20. The molecule has 0 aromatic heterocycles. The first-order chi connectivity index (χ1) is 7.58. The quantitative estimate of drug-likeness (QED) is 0.796. The van der Waals surface area contributed by atoms with E-state index >= 15 is 0 Å². The predicted octanol–water partition coefficient (Wildman–Crippen LogP) is 3.97. The highest BCUT2D eigenvalue weighted by Crippen LogP contribution is 2.17. The Morgan fingerprint density at radius 1 is 1.25 bits per heavy atom. The highest BCUT2D eigenvalue weighted by atomic mass is 19.1. The normalized spacial score (nSPS) is 13.1. The Morgan fingerprint density at radius 3 is 2.38 bits per heavy atom. The predicted molar refractivity (Wildman–Crippen MR) is 67.1 cm³/mol. The van der Waals surface area contributed by atoms with Crippen molar-refractivity contribution in [2.24, 2.45) is 0 Å². The van der Waals surface area contributed by atoms with E-state index in [1.54, 1.807) is 13.0 Å². The molecular weight excluding hydrogens is 201 g/mol. The van der Waals surface area contributed by atoms with E-state index in [4.69, 9.17) is 0 Å². The van der Waals surface area contributed by atoms with Crippen LogP contribution in [0.1, 0.15) is 50.8 Å². The molecule has 1 unspecified atom stereocenters. The van der Waals surface area contributed by atoms with Crippen molar-refractivity contribution in [1.29, 1.82) is 0 Å². The van der Waals surface area contributed by atoms with Gasteiger partial charge in [-0.1, -0.05) is 26.0 Å². The summed E-state index contributed by atoms with van der Waals surface area (Å²) in [6.07, 6.45) is 2.21. The topological polar surface area (TPSA) is 12.0 Å². The Hall–Kier alpha value is -0.890. The molecule has 0 aliphatic rings. The summed E-state index contributed by atoms with van der Waals surface area (Å²) < 4.78 is 13.4. The Kier molecular flexibility index (Phi) is 4.94. The number of halogens is 1. The van der Waals surface area contributed by atoms with E-state index in [-0.39, 0.29) is 11.9 Å². The Balaban J connectivity index is 2.72. The maximum atomic E-state index is 13.4. The first kappa shape index (κ1) is 13.2. The molecule has 0 fully saturated rings. The zero-order valence-corrected chi connectivity index (χ0v) is 10.7. The average molecular weight is 223 g/mol. The van der Waals surface area contributed by atoms with Crippen molar-refractivity contribution in [2.75, 3.05) is 0 Å². The van der Waals surface area contributed by atoms with Crippen LogP contribution < -0.4 is 5.32 Å². The van der Waals surface area contributed by atoms with Gasteiger partial charge >= 0.3 is 0 Å². The summed E-state index contributed by atoms with van der Waals surface area (Å²) >= 11 is 0. The molecule has 90 valence electrons. The highest BCUT2D eigenvalue weighted by Gasteiger charge is 2.11. The third-order valence-corrected chi connectivity index (χ3v) is 3.17. The third kappa shape index (κ3) is 3.31. The maximum absolute atomic E-state index is 13.4. The first-order valence-corrected chi connectivity index (χ1v) is 6.10. The maximum Gasteiger partial charge on any atom is 0.126 e. The van der Waals surface area contributed by atoms with Gasteiger partial charge in [-0.15, -0.1) is 0 Å². The SMILES string of the molecule is CCC(CC)NC(C)c1ccc(C)c(F)c1. The molecule has 0 heterocycles. The molecule has 0 aliphatic heterocycles. The molecule has 1 nitrogen and oxygen atoms in total. The fourth-order valence-corrected chi connectivity index (χ4v) is 1.85. The molecule has 0 radical (unpaired) electrons. The minimum atomic E-state index is -0.115. The molecule has 0 aliphatic carbocycles. The minimum absolute atomic E-state index is 0.115. The van der Waals surface area contributed by atoms with Crippen molar-refractivity contribution < 1.29 is 4.39 Å². The molecular formula is C14H22FN. The fourth-order valence-electron chi connectivity index (χ4n) is 1.85. The van der Waals surface area contributed by atoms with Crippen LogP contribution in [0.4, 0.5) is 4.39 Å². The van der Waals surface area contributed by atoms with E-state index in [1.807, 2.05) is 12.1 Å². The lowest BCUT2D eigenvalue weighted by molar-refractivity contribution is 0.431. The van der Waals surface area contributed by atoms with Gasteiger partial charge in [0, 0.05) is 12.1 Å². The van der Waals surface area contributed by atoms with Crippen LogP contribution >= 0.6 is 0 Å². The summed E-state index contributed by atoms with van der Waals surface area (Å²) in [6.45, 7) is 8.22. The number of hydrogen-bond donors (Lipinski definition) is 1. The summed E-state index contributed by atoms with van der Waals surface area (Å²) in [7, 11) is 0. The molecule has 1 aromatic rings. The standard InChI is InChI=1S/C14H22FN/c1-5-13(6-2)16-11(4)12-8-7-10(3)14(15)9-12/h7-9,11,13,16H,5-6H2,1-4H3. The second-order valence-corrected chi connectivity index (χ2v) is 4.41. The molecule has 1 rings (SSSR count). The van der Waals surface area contributed by atoms with E-state index in [0.29, 0.717) is 11.6 Å². The lowest BCUT2D eigenvalue weighted by atomic mass is 10.0. The first-order valence-electron chi connectivity index (χ1n) is 6.10. The number of nitrogens with one attached hydrogen (secondary N) is 1. The van der Waals surface area contributed by atoms with Gasteiger partial charge in [-0.2, -0.15) is 0 Å². The van der Waals surface area contributed by atoms with Crippen molar-refractivity contribution in [3.05, 3.63) is 35.1 Å². The van der Waals surface area contributed by atoms with E-state index in [1.165, 1.54) is 0 Å². The lowest BCUT2D eigenvalue weighted by Gasteiger charge is -2.21. The zero-order valence-electron chi connectivity index (χ0n) is 10.7. The largest absolute Gasteiger partial charge is 0.307 e. The van der Waals surface area contributed by atoms with Crippen molar-refractivity contribution in [2.45, 2.75) is 52.6 Å². The molecule has 1 atom stereocenters. The van der Waals surface area contributed by atoms with Gasteiger partial charge in [0.15, 0.2) is 0 Å². The lowest BCUT2D eigenvalue weighted by Crippen LogP contribution is -2.30. The molecule has 0 bridgehead atoms. The summed E-state index contributed by atoms with van der Waals surface area (Å²) in [5, 5.41) is 3.51. The fraction of sp³-hybridized carbons (Fsp3) is 0.571. The number of aryl methyl sites for hydroxylation is 1. The van der Waals surface area contributed by atoms with Crippen LogP contribution in [-0.4, -0.2) is 6.04 Å². The Morgan fingerprint density at radius 2 is 1.88 bits per heavy atom. The van der Waals surface area contributed by atoms with Crippen LogP contribution in [0.5, 0.6) is 0 Å². The molecule has 2 heteroatoms. The van der Waals surface area contributed by atoms with Crippen LogP contribution in [0.15, 0.2) is 18.2 Å². The van der Waals surface area contributed by atoms with E-state index in [0.717, 1.165) is 18.4 Å². The Labute approximate surface area is 98.1 Å². The van der Waals surface area contributed by atoms with Gasteiger partial charge in [0.05, 0.1) is 0 Å². The van der Waals surface area contributed by atoms with Crippen molar-refractivity contribution in [3.8, 4) is 0 Å². The zero-order chi connectivity index (χ0) is 12.1. The smallest absolute Gasteiger partial charge is 0.126 e. The molecule has 0 amide bonds. The van der Waals surface area contributed by atoms with E-state index < -0.39 is 0 Å². The van der Waals surface area contributed by atoms with Crippen LogP contribution in [0.2, 0.25) is 0 Å². The van der Waals surface area contributed by atoms with Gasteiger partial charge in [0.1, 0.15) is 5.82 Å². The summed E-state index contributed by atoms with van der Waals surface area (Å²) in [5.74, 6) is -0.115. The highest BCUT2D eigenvalue weighted by molar-refractivity contribution is 5.25. The van der Waals surface area contributed by atoms with Gasteiger partial charge in [-0.25, -0.2) is 4.39 Å². The molecule has 16 heavy (non-hydrogen) atoms. The molecule has 0 saturated carbocycles. The van der Waals surface area contributed by atoms with Gasteiger partial charge in [0.2, 0.25) is 0 Å². The molecule has 1 N–H and O–H groups in total. The van der Waals surface area contributed by atoms with E-state index in [9.17, 15) is 4.39 Å². The average Bonchev–Trinajstić information content (AvgIpc) is 2.29. The molecule has 1 aromatic carbocycles. The number of benzene rings is 1. The molecule has 0 saturated heterocycles. The van der Waals surface area contributed by atoms with Crippen LogP contribution in [0.25, 0.3) is 0 Å². The number of rotatable bonds is 5. The van der Waals surface area contributed by atoms with Crippen LogP contribution in [0.3, 0.4) is 0 Å². The van der Waals surface area contributed by atoms with Gasteiger partial charge in [0.25, 0.3) is 0 Å².